The van der Waals surface area contributed by atoms with Gasteiger partial charge in [-0.2, -0.15) is 0 Å². The molecule has 3 aromatic rings. The van der Waals surface area contributed by atoms with Crippen molar-refractivity contribution in [2.75, 3.05) is 19.7 Å². The highest BCUT2D eigenvalue weighted by atomic mass is 19.1. The number of aliphatic hydroxyl groups is 1. The fraction of sp³-hybridized carbons (Fsp3) is 0.375. The lowest BCUT2D eigenvalue weighted by Crippen LogP contribution is -2.40. The molecule has 2 fully saturated rings. The summed E-state index contributed by atoms with van der Waals surface area (Å²) in [6, 6.07) is 8.05. The van der Waals surface area contributed by atoms with E-state index in [1.807, 2.05) is 4.90 Å². The van der Waals surface area contributed by atoms with Gasteiger partial charge in [-0.3, -0.25) is 4.79 Å². The van der Waals surface area contributed by atoms with Gasteiger partial charge in [-0.05, 0) is 66.6 Å². The van der Waals surface area contributed by atoms with E-state index in [9.17, 15) is 23.1 Å². The van der Waals surface area contributed by atoms with Gasteiger partial charge >= 0.3 is 0 Å². The first-order valence-corrected chi connectivity index (χ1v) is 10.6. The molecule has 2 aromatic carbocycles. The third-order valence-corrected chi connectivity index (χ3v) is 6.75. The molecule has 1 unspecified atom stereocenters. The summed E-state index contributed by atoms with van der Waals surface area (Å²) in [5, 5.41) is 9.78. The topological polar surface area (TPSA) is 56.3 Å². The summed E-state index contributed by atoms with van der Waals surface area (Å²) in [5.74, 6) is -1.64. The molecule has 0 radical (unpaired) electrons. The number of fused-ring (bicyclic) bond motifs is 1. The SMILES string of the molecule is O=C(C1CC(c2c(-c3ccc(F)cc3)[nH]c3c(F)cc(F)cc23)C1)N1CCC(CO)C1. The van der Waals surface area contributed by atoms with Crippen molar-refractivity contribution in [2.24, 2.45) is 11.8 Å². The molecule has 1 atom stereocenters. The van der Waals surface area contributed by atoms with E-state index in [0.29, 0.717) is 42.6 Å². The Balaban J connectivity index is 1.46. The van der Waals surface area contributed by atoms with Crippen LogP contribution in [0, 0.1) is 29.3 Å². The molecule has 4 nitrogen and oxygen atoms in total. The number of benzene rings is 2. The summed E-state index contributed by atoms with van der Waals surface area (Å²) in [7, 11) is 0. The van der Waals surface area contributed by atoms with E-state index in [2.05, 4.69) is 4.98 Å². The van der Waals surface area contributed by atoms with E-state index >= 15 is 0 Å². The lowest BCUT2D eigenvalue weighted by atomic mass is 9.69. The van der Waals surface area contributed by atoms with Crippen LogP contribution in [-0.2, 0) is 4.79 Å². The Morgan fingerprint density at radius 2 is 1.84 bits per heavy atom. The molecule has 0 bridgehead atoms. The lowest BCUT2D eigenvalue weighted by molar-refractivity contribution is -0.137. The third kappa shape index (κ3) is 3.51. The number of likely N-dealkylation sites (tertiary alicyclic amines) is 1. The Morgan fingerprint density at radius 1 is 1.10 bits per heavy atom. The molecule has 1 aliphatic carbocycles. The van der Waals surface area contributed by atoms with E-state index in [4.69, 9.17) is 0 Å². The van der Waals surface area contributed by atoms with Crippen molar-refractivity contribution in [2.45, 2.75) is 25.2 Å². The third-order valence-electron chi connectivity index (χ3n) is 6.75. The lowest BCUT2D eigenvalue weighted by Gasteiger charge is -2.37. The highest BCUT2D eigenvalue weighted by Crippen LogP contribution is 2.49. The number of rotatable bonds is 4. The Labute approximate surface area is 177 Å². The number of hydrogen-bond donors (Lipinski definition) is 2. The van der Waals surface area contributed by atoms with Gasteiger partial charge in [0.1, 0.15) is 17.5 Å². The quantitative estimate of drug-likeness (QED) is 0.639. The van der Waals surface area contributed by atoms with Crippen molar-refractivity contribution in [3.05, 3.63) is 59.4 Å². The van der Waals surface area contributed by atoms with Gasteiger partial charge in [0, 0.05) is 43.0 Å². The largest absolute Gasteiger partial charge is 0.396 e. The maximum Gasteiger partial charge on any atom is 0.225 e. The van der Waals surface area contributed by atoms with E-state index in [-0.39, 0.29) is 41.6 Å². The van der Waals surface area contributed by atoms with Crippen molar-refractivity contribution in [3.8, 4) is 11.3 Å². The van der Waals surface area contributed by atoms with Crippen LogP contribution in [0.25, 0.3) is 22.2 Å². The normalized spacial score (nSPS) is 23.4. The summed E-state index contributed by atoms with van der Waals surface area (Å²) in [5.41, 5.74) is 2.32. The average Bonchev–Trinajstić information content (AvgIpc) is 3.33. The van der Waals surface area contributed by atoms with E-state index in [0.717, 1.165) is 18.1 Å². The Kier molecular flexibility index (Phi) is 5.01. The predicted molar refractivity (Wildman–Crippen MR) is 111 cm³/mol. The number of carbonyl (C=O) groups excluding carboxylic acids is 1. The minimum atomic E-state index is -0.677. The van der Waals surface area contributed by atoms with Crippen LogP contribution >= 0.6 is 0 Å². The molecule has 2 heterocycles. The van der Waals surface area contributed by atoms with Gasteiger partial charge in [0.15, 0.2) is 0 Å². The van der Waals surface area contributed by atoms with Gasteiger partial charge < -0.3 is 15.0 Å². The zero-order chi connectivity index (χ0) is 21.7. The van der Waals surface area contributed by atoms with E-state index in [1.54, 1.807) is 12.1 Å². The fourth-order valence-electron chi connectivity index (χ4n) is 5.00. The smallest absolute Gasteiger partial charge is 0.225 e. The molecule has 1 aliphatic heterocycles. The van der Waals surface area contributed by atoms with Crippen LogP contribution in [0.15, 0.2) is 36.4 Å². The Morgan fingerprint density at radius 3 is 2.52 bits per heavy atom. The van der Waals surface area contributed by atoms with E-state index < -0.39 is 11.6 Å². The molecular weight excluding hydrogens is 405 g/mol. The van der Waals surface area contributed by atoms with Crippen LogP contribution in [0.2, 0.25) is 0 Å². The number of aromatic amines is 1. The number of nitrogens with zero attached hydrogens (tertiary/aromatic N) is 1. The van der Waals surface area contributed by atoms with Gasteiger partial charge in [-0.1, -0.05) is 0 Å². The van der Waals surface area contributed by atoms with Crippen molar-refractivity contribution in [1.82, 2.24) is 9.88 Å². The Bertz CT molecular complexity index is 1140. The van der Waals surface area contributed by atoms with Crippen LogP contribution in [0.4, 0.5) is 13.2 Å². The maximum atomic E-state index is 14.5. The zero-order valence-electron chi connectivity index (χ0n) is 16.9. The molecule has 1 saturated carbocycles. The van der Waals surface area contributed by atoms with Crippen molar-refractivity contribution < 1.29 is 23.1 Å². The molecule has 1 amide bonds. The van der Waals surface area contributed by atoms with Crippen molar-refractivity contribution in [1.29, 1.82) is 0 Å². The molecular formula is C24H23F3N2O2. The number of aromatic nitrogens is 1. The number of halogens is 3. The number of amides is 1. The summed E-state index contributed by atoms with van der Waals surface area (Å²) in [6.07, 6.45) is 2.00. The second-order valence-electron chi connectivity index (χ2n) is 8.72. The maximum absolute atomic E-state index is 14.5. The molecule has 1 saturated heterocycles. The molecule has 1 aromatic heterocycles. The predicted octanol–water partition coefficient (Wildman–Crippen LogP) is 4.59. The average molecular weight is 428 g/mol. The number of H-pyrrole nitrogens is 1. The van der Waals surface area contributed by atoms with Gasteiger partial charge in [-0.15, -0.1) is 0 Å². The first kappa shape index (κ1) is 20.1. The number of hydrogen-bond acceptors (Lipinski definition) is 2. The number of nitrogens with one attached hydrogen (secondary N) is 1. The molecule has 0 spiro atoms. The number of carbonyl (C=O) groups is 1. The van der Waals surface area contributed by atoms with Crippen LogP contribution in [-0.4, -0.2) is 40.6 Å². The van der Waals surface area contributed by atoms with Crippen molar-refractivity contribution in [3.63, 3.8) is 0 Å². The van der Waals surface area contributed by atoms with Crippen molar-refractivity contribution >= 4 is 16.8 Å². The van der Waals surface area contributed by atoms with Crippen LogP contribution < -0.4 is 0 Å². The van der Waals surface area contributed by atoms with Crippen LogP contribution in [0.1, 0.15) is 30.7 Å². The molecule has 5 rings (SSSR count). The second-order valence-corrected chi connectivity index (χ2v) is 8.72. The first-order valence-electron chi connectivity index (χ1n) is 10.6. The Hall–Kier alpha value is -2.80. The van der Waals surface area contributed by atoms with E-state index in [1.165, 1.54) is 18.2 Å². The van der Waals surface area contributed by atoms with Gasteiger partial charge in [-0.25, -0.2) is 13.2 Å². The summed E-state index contributed by atoms with van der Waals surface area (Å²) < 4.78 is 41.9. The minimum absolute atomic E-state index is 0.0276. The highest BCUT2D eigenvalue weighted by molar-refractivity contribution is 5.92. The second kappa shape index (κ2) is 7.71. The summed E-state index contributed by atoms with van der Waals surface area (Å²) in [6.45, 7) is 1.33. The standard InChI is InChI=1S/C24H23F3N2O2/c25-17-3-1-14(2-4-17)22-21(19-9-18(26)10-20(27)23(19)28-22)15-7-16(8-15)24(31)29-6-5-13(11-29)12-30/h1-4,9-10,13,15-16,28,30H,5-8,11-12H2. The summed E-state index contributed by atoms with van der Waals surface area (Å²) in [4.78, 5) is 17.7. The van der Waals surface area contributed by atoms with Gasteiger partial charge in [0.2, 0.25) is 5.91 Å². The number of aliphatic hydroxyl groups excluding tert-OH is 1. The molecule has 162 valence electrons. The molecule has 31 heavy (non-hydrogen) atoms. The highest BCUT2D eigenvalue weighted by Gasteiger charge is 2.41. The molecule has 2 N–H and O–H groups in total. The van der Waals surface area contributed by atoms with Crippen LogP contribution in [0.5, 0.6) is 0 Å². The fourth-order valence-corrected chi connectivity index (χ4v) is 5.00. The first-order chi connectivity index (χ1) is 14.9. The summed E-state index contributed by atoms with van der Waals surface area (Å²) >= 11 is 0. The van der Waals surface area contributed by atoms with Gasteiger partial charge in [0.05, 0.1) is 11.2 Å². The monoisotopic (exact) mass is 428 g/mol. The minimum Gasteiger partial charge on any atom is -0.396 e. The zero-order valence-corrected chi connectivity index (χ0v) is 16.9. The van der Waals surface area contributed by atoms with Crippen LogP contribution in [0.3, 0.4) is 0 Å². The van der Waals surface area contributed by atoms with Gasteiger partial charge in [0.25, 0.3) is 0 Å². The molecule has 2 aliphatic rings. The molecule has 7 heteroatoms.